The molecule has 0 aliphatic rings. The van der Waals surface area contributed by atoms with E-state index in [2.05, 4.69) is 0 Å². The van der Waals surface area contributed by atoms with E-state index in [1.54, 1.807) is 6.92 Å². The first kappa shape index (κ1) is 15.9. The summed E-state index contributed by atoms with van der Waals surface area (Å²) < 4.78 is 0. The molecule has 0 unspecified atom stereocenters. The van der Waals surface area contributed by atoms with Gasteiger partial charge in [-0.2, -0.15) is 0 Å². The number of nitrogens with zero attached hydrogens (tertiary/aromatic N) is 2. The summed E-state index contributed by atoms with van der Waals surface area (Å²) in [6.45, 7) is 1.57. The number of carboxylic acid groups (broad SMARTS) is 1. The van der Waals surface area contributed by atoms with Gasteiger partial charge >= 0.3 is 5.97 Å². The molecular weight excluding hydrogens is 288 g/mol. The highest BCUT2D eigenvalue weighted by Crippen LogP contribution is 2.29. The van der Waals surface area contributed by atoms with Gasteiger partial charge in [0, 0.05) is 19.0 Å². The molecule has 0 bridgehead atoms. The zero-order valence-electron chi connectivity index (χ0n) is 10.7. The van der Waals surface area contributed by atoms with E-state index >= 15 is 0 Å². The molecule has 0 heterocycles. The lowest BCUT2D eigenvalue weighted by atomic mass is 10.2. The molecule has 0 radical (unpaired) electrons. The van der Waals surface area contributed by atoms with E-state index in [-0.39, 0.29) is 41.7 Å². The van der Waals surface area contributed by atoms with Crippen LogP contribution in [0.5, 0.6) is 0 Å². The first-order valence-electron chi connectivity index (χ1n) is 5.83. The van der Waals surface area contributed by atoms with Crippen molar-refractivity contribution < 1.29 is 19.6 Å². The lowest BCUT2D eigenvalue weighted by Crippen LogP contribution is -2.32. The summed E-state index contributed by atoms with van der Waals surface area (Å²) in [5.41, 5.74) is -0.0670. The van der Waals surface area contributed by atoms with Gasteiger partial charge in [-0.25, -0.2) is 0 Å². The average molecular weight is 301 g/mol. The van der Waals surface area contributed by atoms with Gasteiger partial charge in [0.25, 0.3) is 5.69 Å². The van der Waals surface area contributed by atoms with Gasteiger partial charge in [-0.3, -0.25) is 19.7 Å². The fourth-order valence-electron chi connectivity index (χ4n) is 1.60. The number of hydrogen-bond donors (Lipinski definition) is 1. The van der Waals surface area contributed by atoms with Gasteiger partial charge in [0.2, 0.25) is 5.91 Å². The van der Waals surface area contributed by atoms with Gasteiger partial charge in [-0.15, -0.1) is 0 Å². The minimum absolute atomic E-state index is 0.0408. The number of carbonyl (C=O) groups excluding carboxylic acids is 1. The Bertz CT molecular complexity index is 547. The molecule has 1 N–H and O–H groups in total. The van der Waals surface area contributed by atoms with Crippen LogP contribution in [0.4, 0.5) is 11.4 Å². The van der Waals surface area contributed by atoms with Gasteiger partial charge in [0.15, 0.2) is 0 Å². The Morgan fingerprint density at radius 2 is 2.10 bits per heavy atom. The molecule has 0 saturated carbocycles. The Morgan fingerprint density at radius 1 is 1.45 bits per heavy atom. The lowest BCUT2D eigenvalue weighted by Gasteiger charge is -2.21. The van der Waals surface area contributed by atoms with Gasteiger partial charge in [-0.05, 0) is 12.1 Å². The SMILES string of the molecule is CCC(=O)N(CCC(=O)O)c1ccc(Cl)c([N+](=O)[O-])c1. The monoisotopic (exact) mass is 300 g/mol. The second-order valence-electron chi connectivity index (χ2n) is 3.94. The van der Waals surface area contributed by atoms with Gasteiger partial charge in [0.1, 0.15) is 5.02 Å². The normalized spacial score (nSPS) is 10.1. The second-order valence-corrected chi connectivity index (χ2v) is 4.34. The number of halogens is 1. The van der Waals surface area contributed by atoms with Crippen molar-refractivity contribution in [3.05, 3.63) is 33.3 Å². The summed E-state index contributed by atoms with van der Waals surface area (Å²) in [7, 11) is 0. The van der Waals surface area contributed by atoms with Gasteiger partial charge in [0.05, 0.1) is 17.0 Å². The summed E-state index contributed by atoms with van der Waals surface area (Å²) in [4.78, 5) is 33.8. The Labute approximate surface area is 119 Å². The van der Waals surface area contributed by atoms with Crippen molar-refractivity contribution in [3.63, 3.8) is 0 Å². The number of hydrogen-bond acceptors (Lipinski definition) is 4. The Balaban J connectivity index is 3.13. The van der Waals surface area contributed by atoms with E-state index in [1.165, 1.54) is 17.0 Å². The molecule has 0 spiro atoms. The van der Waals surface area contributed by atoms with E-state index in [0.29, 0.717) is 0 Å². The minimum atomic E-state index is -1.05. The van der Waals surface area contributed by atoms with E-state index in [9.17, 15) is 19.7 Å². The Kier molecular flexibility index (Phi) is 5.45. The molecule has 0 saturated heterocycles. The lowest BCUT2D eigenvalue weighted by molar-refractivity contribution is -0.384. The summed E-state index contributed by atoms with van der Waals surface area (Å²) in [6, 6.07) is 3.92. The molecule has 1 aromatic carbocycles. The van der Waals surface area contributed by atoms with Crippen LogP contribution in [0, 0.1) is 10.1 Å². The zero-order chi connectivity index (χ0) is 15.3. The third-order valence-corrected chi connectivity index (χ3v) is 2.91. The predicted molar refractivity (Wildman–Crippen MR) is 73.0 cm³/mol. The van der Waals surface area contributed by atoms with Crippen LogP contribution in [0.25, 0.3) is 0 Å². The van der Waals surface area contributed by atoms with Crippen LogP contribution in [0.1, 0.15) is 19.8 Å². The molecule has 108 valence electrons. The smallest absolute Gasteiger partial charge is 0.305 e. The van der Waals surface area contributed by atoms with Crippen molar-refractivity contribution in [2.24, 2.45) is 0 Å². The van der Waals surface area contributed by atoms with Crippen molar-refractivity contribution in [1.29, 1.82) is 0 Å². The highest BCUT2D eigenvalue weighted by Gasteiger charge is 2.20. The van der Waals surface area contributed by atoms with E-state index < -0.39 is 10.9 Å². The van der Waals surface area contributed by atoms with Crippen molar-refractivity contribution in [3.8, 4) is 0 Å². The second kappa shape index (κ2) is 6.85. The van der Waals surface area contributed by atoms with Crippen LogP contribution >= 0.6 is 11.6 Å². The number of carbonyl (C=O) groups is 2. The van der Waals surface area contributed by atoms with Crippen molar-refractivity contribution >= 4 is 34.9 Å². The number of nitro groups is 1. The number of benzene rings is 1. The molecule has 0 atom stereocenters. The molecule has 7 nitrogen and oxygen atoms in total. The summed E-state index contributed by atoms with van der Waals surface area (Å²) in [5.74, 6) is -1.37. The van der Waals surface area contributed by atoms with Crippen molar-refractivity contribution in [2.75, 3.05) is 11.4 Å². The zero-order valence-corrected chi connectivity index (χ0v) is 11.5. The maximum absolute atomic E-state index is 11.8. The highest BCUT2D eigenvalue weighted by molar-refractivity contribution is 6.32. The van der Waals surface area contributed by atoms with Gasteiger partial charge in [-0.1, -0.05) is 18.5 Å². The van der Waals surface area contributed by atoms with Crippen LogP contribution in [0.15, 0.2) is 18.2 Å². The summed E-state index contributed by atoms with van der Waals surface area (Å²) in [5, 5.41) is 19.5. The van der Waals surface area contributed by atoms with E-state index in [1.807, 2.05) is 0 Å². The maximum atomic E-state index is 11.8. The molecule has 1 amide bonds. The van der Waals surface area contributed by atoms with Gasteiger partial charge < -0.3 is 10.0 Å². The molecular formula is C12H13ClN2O5. The van der Waals surface area contributed by atoms with Crippen LogP contribution in [0.2, 0.25) is 5.02 Å². The molecule has 0 fully saturated rings. The molecule has 0 aliphatic heterocycles. The van der Waals surface area contributed by atoms with Crippen molar-refractivity contribution in [1.82, 2.24) is 0 Å². The fraction of sp³-hybridized carbons (Fsp3) is 0.333. The van der Waals surface area contributed by atoms with Crippen LogP contribution in [-0.4, -0.2) is 28.5 Å². The minimum Gasteiger partial charge on any atom is -0.481 e. The summed E-state index contributed by atoms with van der Waals surface area (Å²) in [6.07, 6.45) is -0.0851. The van der Waals surface area contributed by atoms with Crippen LogP contribution in [0.3, 0.4) is 0 Å². The van der Waals surface area contributed by atoms with Crippen molar-refractivity contribution in [2.45, 2.75) is 19.8 Å². The molecule has 20 heavy (non-hydrogen) atoms. The number of aliphatic carboxylic acids is 1. The van der Waals surface area contributed by atoms with E-state index in [0.717, 1.165) is 6.07 Å². The highest BCUT2D eigenvalue weighted by atomic mass is 35.5. The number of amides is 1. The standard InChI is InChI=1S/C12H13ClN2O5/c1-2-11(16)14(6-5-12(17)18)8-3-4-9(13)10(7-8)15(19)20/h3-4,7H,2,5-6H2,1H3,(H,17,18). The predicted octanol–water partition coefficient (Wildman–Crippen LogP) is 2.47. The Morgan fingerprint density at radius 3 is 2.60 bits per heavy atom. The molecule has 1 rings (SSSR count). The first-order chi connectivity index (χ1) is 9.36. The average Bonchev–Trinajstić information content (AvgIpc) is 2.39. The third kappa shape index (κ3) is 3.92. The van der Waals surface area contributed by atoms with Crippen LogP contribution in [-0.2, 0) is 9.59 Å². The molecule has 0 aromatic heterocycles. The molecule has 8 heteroatoms. The van der Waals surface area contributed by atoms with E-state index in [4.69, 9.17) is 16.7 Å². The topological polar surface area (TPSA) is 101 Å². The molecule has 1 aromatic rings. The molecule has 0 aliphatic carbocycles. The summed E-state index contributed by atoms with van der Waals surface area (Å²) >= 11 is 5.70. The fourth-order valence-corrected chi connectivity index (χ4v) is 1.79. The number of anilines is 1. The Hall–Kier alpha value is -2.15. The quantitative estimate of drug-likeness (QED) is 0.642. The first-order valence-corrected chi connectivity index (χ1v) is 6.20. The number of rotatable bonds is 6. The third-order valence-electron chi connectivity index (χ3n) is 2.59. The number of carboxylic acids is 1. The van der Waals surface area contributed by atoms with Crippen LogP contribution < -0.4 is 4.90 Å². The number of nitro benzene ring substituents is 1. The largest absolute Gasteiger partial charge is 0.481 e. The maximum Gasteiger partial charge on any atom is 0.305 e.